The monoisotopic (exact) mass is 251 g/mol. The van der Waals surface area contributed by atoms with Gasteiger partial charge in [0.25, 0.3) is 0 Å². The summed E-state index contributed by atoms with van der Waals surface area (Å²) in [7, 11) is 0. The summed E-state index contributed by atoms with van der Waals surface area (Å²) in [6.07, 6.45) is 9.85. The first kappa shape index (κ1) is 12.9. The van der Waals surface area contributed by atoms with Crippen LogP contribution in [0.2, 0.25) is 0 Å². The number of nitrogens with zero attached hydrogens (tertiary/aromatic N) is 2. The van der Waals surface area contributed by atoms with Crippen molar-refractivity contribution in [2.24, 2.45) is 11.7 Å². The van der Waals surface area contributed by atoms with Gasteiger partial charge in [-0.3, -0.25) is 9.80 Å². The molecule has 0 amide bonds. The minimum absolute atomic E-state index is 0.783. The van der Waals surface area contributed by atoms with Gasteiger partial charge in [0.1, 0.15) is 0 Å². The maximum absolute atomic E-state index is 5.93. The van der Waals surface area contributed by atoms with Crippen LogP contribution in [-0.2, 0) is 0 Å². The highest BCUT2D eigenvalue weighted by Gasteiger charge is 2.36. The second kappa shape index (κ2) is 5.89. The highest BCUT2D eigenvalue weighted by molar-refractivity contribution is 4.93. The van der Waals surface area contributed by atoms with Gasteiger partial charge in [-0.2, -0.15) is 0 Å². The first-order chi connectivity index (χ1) is 8.88. The molecule has 2 saturated heterocycles. The van der Waals surface area contributed by atoms with Crippen LogP contribution < -0.4 is 5.73 Å². The van der Waals surface area contributed by atoms with Crippen molar-refractivity contribution in [3.05, 3.63) is 0 Å². The van der Waals surface area contributed by atoms with Crippen LogP contribution in [0.25, 0.3) is 0 Å². The maximum Gasteiger partial charge on any atom is 0.0235 e. The molecular weight excluding hydrogens is 222 g/mol. The highest BCUT2D eigenvalue weighted by atomic mass is 15.3. The molecule has 3 atom stereocenters. The predicted molar refractivity (Wildman–Crippen MR) is 75.6 cm³/mol. The fraction of sp³-hybridized carbons (Fsp3) is 1.00. The van der Waals surface area contributed by atoms with Gasteiger partial charge in [-0.05, 0) is 57.7 Å². The van der Waals surface area contributed by atoms with Crippen LogP contribution in [0.5, 0.6) is 0 Å². The van der Waals surface area contributed by atoms with E-state index in [0.29, 0.717) is 0 Å². The van der Waals surface area contributed by atoms with Crippen molar-refractivity contribution < 1.29 is 0 Å². The summed E-state index contributed by atoms with van der Waals surface area (Å²) in [5.41, 5.74) is 5.93. The van der Waals surface area contributed by atoms with Gasteiger partial charge in [0.15, 0.2) is 0 Å². The van der Waals surface area contributed by atoms with E-state index in [4.69, 9.17) is 5.73 Å². The third-order valence-electron chi connectivity index (χ3n) is 5.49. The number of piperidine rings is 1. The van der Waals surface area contributed by atoms with Crippen LogP contribution in [0.4, 0.5) is 0 Å². The highest BCUT2D eigenvalue weighted by Crippen LogP contribution is 2.32. The molecule has 1 aliphatic carbocycles. The zero-order valence-electron chi connectivity index (χ0n) is 11.7. The van der Waals surface area contributed by atoms with E-state index in [2.05, 4.69) is 9.80 Å². The van der Waals surface area contributed by atoms with Crippen LogP contribution >= 0.6 is 0 Å². The molecule has 0 aromatic rings. The SMILES string of the molecule is NCC1CCCC1N1CCC(N2CCCCC2)C1. The molecule has 1 saturated carbocycles. The molecule has 3 fully saturated rings. The average Bonchev–Trinajstić information content (AvgIpc) is 3.08. The van der Waals surface area contributed by atoms with E-state index in [1.807, 2.05) is 0 Å². The third-order valence-corrected chi connectivity index (χ3v) is 5.49. The zero-order chi connectivity index (χ0) is 12.4. The molecule has 2 heterocycles. The Labute approximate surface area is 112 Å². The smallest absolute Gasteiger partial charge is 0.0235 e. The molecule has 0 spiro atoms. The predicted octanol–water partition coefficient (Wildman–Crippen LogP) is 1.67. The lowest BCUT2D eigenvalue weighted by atomic mass is 10.0. The molecule has 2 N–H and O–H groups in total. The van der Waals surface area contributed by atoms with Crippen molar-refractivity contribution >= 4 is 0 Å². The summed E-state index contributed by atoms with van der Waals surface area (Å²) < 4.78 is 0. The molecule has 3 nitrogen and oxygen atoms in total. The Balaban J connectivity index is 1.54. The lowest BCUT2D eigenvalue weighted by Gasteiger charge is -2.34. The zero-order valence-corrected chi connectivity index (χ0v) is 11.7. The number of likely N-dealkylation sites (tertiary alicyclic amines) is 2. The Morgan fingerprint density at radius 2 is 1.67 bits per heavy atom. The Morgan fingerprint density at radius 3 is 2.44 bits per heavy atom. The van der Waals surface area contributed by atoms with Crippen molar-refractivity contribution in [3.63, 3.8) is 0 Å². The number of hydrogen-bond acceptors (Lipinski definition) is 3. The molecule has 2 aliphatic heterocycles. The van der Waals surface area contributed by atoms with E-state index in [9.17, 15) is 0 Å². The topological polar surface area (TPSA) is 32.5 Å². The molecule has 0 aromatic carbocycles. The van der Waals surface area contributed by atoms with E-state index in [0.717, 1.165) is 24.5 Å². The summed E-state index contributed by atoms with van der Waals surface area (Å²) in [4.78, 5) is 5.53. The standard InChI is InChI=1S/C15H29N3/c16-11-13-5-4-6-15(13)18-10-7-14(12-18)17-8-2-1-3-9-17/h13-15H,1-12,16H2. The average molecular weight is 251 g/mol. The van der Waals surface area contributed by atoms with Crippen molar-refractivity contribution in [1.82, 2.24) is 9.80 Å². The van der Waals surface area contributed by atoms with Crippen LogP contribution in [-0.4, -0.2) is 54.6 Å². The second-order valence-corrected chi connectivity index (χ2v) is 6.53. The number of rotatable bonds is 3. The molecule has 3 unspecified atom stereocenters. The van der Waals surface area contributed by atoms with Crippen LogP contribution in [0, 0.1) is 5.92 Å². The fourth-order valence-corrected chi connectivity index (χ4v) is 4.42. The van der Waals surface area contributed by atoms with Gasteiger partial charge in [0.05, 0.1) is 0 Å². The first-order valence-corrected chi connectivity index (χ1v) is 8.06. The van der Waals surface area contributed by atoms with Crippen molar-refractivity contribution in [2.45, 2.75) is 57.0 Å². The van der Waals surface area contributed by atoms with Gasteiger partial charge in [-0.1, -0.05) is 12.8 Å². The summed E-state index contributed by atoms with van der Waals surface area (Å²) in [6.45, 7) is 6.24. The van der Waals surface area contributed by atoms with E-state index >= 15 is 0 Å². The molecule has 104 valence electrons. The number of nitrogens with two attached hydrogens (primary N) is 1. The molecule has 0 bridgehead atoms. The van der Waals surface area contributed by atoms with E-state index in [-0.39, 0.29) is 0 Å². The lowest BCUT2D eigenvalue weighted by Crippen LogP contribution is -2.44. The molecule has 18 heavy (non-hydrogen) atoms. The third kappa shape index (κ3) is 2.59. The van der Waals surface area contributed by atoms with Gasteiger partial charge in [0.2, 0.25) is 0 Å². The minimum Gasteiger partial charge on any atom is -0.330 e. The van der Waals surface area contributed by atoms with Crippen molar-refractivity contribution in [1.29, 1.82) is 0 Å². The second-order valence-electron chi connectivity index (χ2n) is 6.53. The van der Waals surface area contributed by atoms with Gasteiger partial charge < -0.3 is 5.73 Å². The summed E-state index contributed by atoms with van der Waals surface area (Å²) in [5, 5.41) is 0. The van der Waals surface area contributed by atoms with Gasteiger partial charge in [-0.15, -0.1) is 0 Å². The largest absolute Gasteiger partial charge is 0.330 e. The van der Waals surface area contributed by atoms with Crippen molar-refractivity contribution in [2.75, 3.05) is 32.7 Å². The molecular formula is C15H29N3. The maximum atomic E-state index is 5.93. The van der Waals surface area contributed by atoms with Crippen LogP contribution in [0.3, 0.4) is 0 Å². The Bertz CT molecular complexity index is 262. The molecule has 0 aromatic heterocycles. The summed E-state index contributed by atoms with van der Waals surface area (Å²) in [6, 6.07) is 1.66. The quantitative estimate of drug-likeness (QED) is 0.828. The van der Waals surface area contributed by atoms with Gasteiger partial charge in [-0.25, -0.2) is 0 Å². The first-order valence-electron chi connectivity index (χ1n) is 8.06. The Hall–Kier alpha value is -0.120. The fourth-order valence-electron chi connectivity index (χ4n) is 4.42. The van der Waals surface area contributed by atoms with E-state index in [1.54, 1.807) is 0 Å². The van der Waals surface area contributed by atoms with Crippen LogP contribution in [0.1, 0.15) is 44.9 Å². The van der Waals surface area contributed by atoms with Gasteiger partial charge in [0, 0.05) is 25.2 Å². The number of hydrogen-bond donors (Lipinski definition) is 1. The Kier molecular flexibility index (Phi) is 4.22. The molecule has 0 radical (unpaired) electrons. The lowest BCUT2D eigenvalue weighted by molar-refractivity contribution is 0.142. The van der Waals surface area contributed by atoms with Gasteiger partial charge >= 0.3 is 0 Å². The summed E-state index contributed by atoms with van der Waals surface area (Å²) >= 11 is 0. The van der Waals surface area contributed by atoms with Crippen LogP contribution in [0.15, 0.2) is 0 Å². The molecule has 3 heteroatoms. The Morgan fingerprint density at radius 1 is 0.833 bits per heavy atom. The van der Waals surface area contributed by atoms with Crippen molar-refractivity contribution in [3.8, 4) is 0 Å². The summed E-state index contributed by atoms with van der Waals surface area (Å²) in [5.74, 6) is 0.783. The normalized spacial score (nSPS) is 39.5. The van der Waals surface area contributed by atoms with E-state index in [1.165, 1.54) is 71.1 Å². The van der Waals surface area contributed by atoms with E-state index < -0.39 is 0 Å². The minimum atomic E-state index is 0.783. The molecule has 3 aliphatic rings. The molecule has 3 rings (SSSR count).